The van der Waals surface area contributed by atoms with Crippen molar-refractivity contribution in [2.24, 2.45) is 5.41 Å². The first-order valence-corrected chi connectivity index (χ1v) is 8.40. The molecule has 0 amide bonds. The highest BCUT2D eigenvalue weighted by Crippen LogP contribution is 2.46. The van der Waals surface area contributed by atoms with Gasteiger partial charge in [-0.3, -0.25) is 4.68 Å². The van der Waals surface area contributed by atoms with Crippen LogP contribution in [-0.4, -0.2) is 24.1 Å². The molecule has 24 heavy (non-hydrogen) atoms. The summed E-state index contributed by atoms with van der Waals surface area (Å²) < 4.78 is 5.89. The molecule has 0 bridgehead atoms. The lowest BCUT2D eigenvalue weighted by molar-refractivity contribution is 0.486. The third-order valence-electron chi connectivity index (χ3n) is 4.11. The summed E-state index contributed by atoms with van der Waals surface area (Å²) in [5, 5.41) is 17.7. The molecule has 4 rings (SSSR count). The average molecular weight is 337 g/mol. The van der Waals surface area contributed by atoms with Crippen LogP contribution in [0.15, 0.2) is 30.9 Å². The number of anilines is 2. The van der Waals surface area contributed by atoms with Crippen molar-refractivity contribution in [1.29, 1.82) is 5.26 Å². The summed E-state index contributed by atoms with van der Waals surface area (Å²) in [6.07, 6.45) is 9.17. The normalized spacial score (nSPS) is 15.0. The van der Waals surface area contributed by atoms with Crippen molar-refractivity contribution in [3.8, 4) is 17.3 Å². The summed E-state index contributed by atoms with van der Waals surface area (Å²) in [7, 11) is 0. The molecular formula is C16H15N7S. The number of aryl methyl sites for hydroxylation is 1. The Morgan fingerprint density at radius 2 is 2.29 bits per heavy atom. The van der Waals surface area contributed by atoms with E-state index in [1.807, 2.05) is 23.9 Å². The van der Waals surface area contributed by atoms with Gasteiger partial charge < -0.3 is 5.32 Å². The van der Waals surface area contributed by atoms with Crippen LogP contribution in [0.2, 0.25) is 0 Å². The first-order valence-electron chi connectivity index (χ1n) is 7.63. The molecule has 0 spiro atoms. The van der Waals surface area contributed by atoms with Gasteiger partial charge in [-0.2, -0.15) is 14.7 Å². The first-order chi connectivity index (χ1) is 11.7. The number of hydrogen-bond donors (Lipinski definition) is 1. The van der Waals surface area contributed by atoms with Gasteiger partial charge in [0.15, 0.2) is 0 Å². The predicted octanol–water partition coefficient (Wildman–Crippen LogP) is 3.15. The van der Waals surface area contributed by atoms with Crippen LogP contribution in [0.5, 0.6) is 0 Å². The fourth-order valence-corrected chi connectivity index (χ4v) is 3.02. The summed E-state index contributed by atoms with van der Waals surface area (Å²) in [6.45, 7) is 2.61. The van der Waals surface area contributed by atoms with E-state index in [9.17, 15) is 5.26 Å². The maximum absolute atomic E-state index is 9.22. The maximum atomic E-state index is 9.22. The third-order valence-corrected chi connectivity index (χ3v) is 4.77. The molecule has 1 fully saturated rings. The highest BCUT2D eigenvalue weighted by molar-refractivity contribution is 7.10. The molecule has 8 heteroatoms. The molecule has 0 aromatic carbocycles. The van der Waals surface area contributed by atoms with E-state index < -0.39 is 0 Å². The van der Waals surface area contributed by atoms with Gasteiger partial charge in [-0.05, 0) is 42.9 Å². The summed E-state index contributed by atoms with van der Waals surface area (Å²) >= 11 is 1.36. The largest absolute Gasteiger partial charge is 0.314 e. The second-order valence-electron chi connectivity index (χ2n) is 6.05. The molecule has 0 atom stereocenters. The van der Waals surface area contributed by atoms with Gasteiger partial charge in [-0.25, -0.2) is 9.97 Å². The minimum atomic E-state index is -0.219. The topological polar surface area (TPSA) is 92.3 Å². The van der Waals surface area contributed by atoms with Crippen LogP contribution in [0.3, 0.4) is 0 Å². The van der Waals surface area contributed by atoms with Gasteiger partial charge in [0.1, 0.15) is 5.00 Å². The van der Waals surface area contributed by atoms with Gasteiger partial charge in [-0.15, -0.1) is 0 Å². The van der Waals surface area contributed by atoms with Crippen molar-refractivity contribution in [3.05, 3.63) is 36.4 Å². The van der Waals surface area contributed by atoms with Gasteiger partial charge in [-0.1, -0.05) is 0 Å². The van der Waals surface area contributed by atoms with Crippen LogP contribution in [0.25, 0.3) is 11.3 Å². The molecule has 1 N–H and O–H groups in total. The molecule has 3 aromatic rings. The van der Waals surface area contributed by atoms with Gasteiger partial charge in [0.25, 0.3) is 0 Å². The van der Waals surface area contributed by atoms with Crippen LogP contribution >= 0.6 is 11.5 Å². The van der Waals surface area contributed by atoms with Crippen LogP contribution in [0, 0.1) is 23.7 Å². The van der Waals surface area contributed by atoms with Crippen LogP contribution < -0.4 is 5.32 Å². The molecule has 0 aliphatic heterocycles. The lowest BCUT2D eigenvalue weighted by Crippen LogP contribution is -2.09. The highest BCUT2D eigenvalue weighted by atomic mass is 32.1. The second-order valence-corrected chi connectivity index (χ2v) is 6.88. The van der Waals surface area contributed by atoms with E-state index >= 15 is 0 Å². The van der Waals surface area contributed by atoms with E-state index in [1.54, 1.807) is 18.6 Å². The van der Waals surface area contributed by atoms with Gasteiger partial charge in [0.05, 0.1) is 29.9 Å². The monoisotopic (exact) mass is 337 g/mol. The smallest absolute Gasteiger partial charge is 0.228 e. The number of nitriles is 1. The van der Waals surface area contributed by atoms with E-state index in [1.165, 1.54) is 11.5 Å². The minimum Gasteiger partial charge on any atom is -0.314 e. The quantitative estimate of drug-likeness (QED) is 0.769. The second kappa shape index (κ2) is 5.69. The highest BCUT2D eigenvalue weighted by Gasteiger charge is 2.43. The molecule has 1 aliphatic carbocycles. The van der Waals surface area contributed by atoms with Crippen molar-refractivity contribution in [2.45, 2.75) is 26.3 Å². The molecular weight excluding hydrogens is 322 g/mol. The number of nitrogens with zero attached hydrogens (tertiary/aromatic N) is 6. The van der Waals surface area contributed by atoms with Crippen molar-refractivity contribution >= 4 is 22.5 Å². The van der Waals surface area contributed by atoms with E-state index in [2.05, 4.69) is 30.8 Å². The molecule has 3 heterocycles. The standard InChI is InChI=1S/C16H15N7S/c1-11-6-18-15(21-13-2-5-20-24-13)22-14(11)12-7-19-23(8-12)10-16(9-17)3-4-16/h2,5-8H,3-4,10H2,1H3,(H,18,21,22). The molecule has 0 saturated heterocycles. The van der Waals surface area contributed by atoms with Crippen LogP contribution in [0.1, 0.15) is 18.4 Å². The number of nitrogens with one attached hydrogen (secondary N) is 1. The fourth-order valence-electron chi connectivity index (χ4n) is 2.52. The average Bonchev–Trinajstić information content (AvgIpc) is 2.97. The van der Waals surface area contributed by atoms with Crippen LogP contribution in [-0.2, 0) is 6.54 Å². The van der Waals surface area contributed by atoms with E-state index in [-0.39, 0.29) is 5.41 Å². The Labute approximate surface area is 143 Å². The van der Waals surface area contributed by atoms with Gasteiger partial charge in [0, 0.05) is 24.2 Å². The Hall–Kier alpha value is -2.79. The summed E-state index contributed by atoms with van der Waals surface area (Å²) in [5.74, 6) is 0.531. The molecule has 0 unspecified atom stereocenters. The first kappa shape index (κ1) is 14.8. The Morgan fingerprint density at radius 1 is 1.42 bits per heavy atom. The SMILES string of the molecule is Cc1cnc(Nc2ccns2)nc1-c1cnn(CC2(C#N)CC2)c1. The Balaban J connectivity index is 1.59. The molecule has 120 valence electrons. The molecule has 1 saturated carbocycles. The fraction of sp³-hybridized carbons (Fsp3) is 0.312. The van der Waals surface area contributed by atoms with Crippen molar-refractivity contribution in [2.75, 3.05) is 5.32 Å². The molecule has 1 aliphatic rings. The Morgan fingerprint density at radius 3 is 3.00 bits per heavy atom. The Bertz CT molecular complexity index is 903. The van der Waals surface area contributed by atoms with E-state index in [4.69, 9.17) is 0 Å². The number of aromatic nitrogens is 5. The zero-order valence-electron chi connectivity index (χ0n) is 13.1. The van der Waals surface area contributed by atoms with E-state index in [0.717, 1.165) is 34.7 Å². The molecule has 3 aromatic heterocycles. The lowest BCUT2D eigenvalue weighted by Gasteiger charge is -2.07. The maximum Gasteiger partial charge on any atom is 0.228 e. The van der Waals surface area contributed by atoms with Gasteiger partial charge in [0.2, 0.25) is 5.95 Å². The molecule has 7 nitrogen and oxygen atoms in total. The zero-order valence-corrected chi connectivity index (χ0v) is 13.9. The minimum absolute atomic E-state index is 0.219. The zero-order chi connectivity index (χ0) is 16.6. The number of hydrogen-bond acceptors (Lipinski definition) is 7. The summed E-state index contributed by atoms with van der Waals surface area (Å²) in [6, 6.07) is 4.27. The Kier molecular flexibility index (Phi) is 3.50. The number of rotatable bonds is 5. The van der Waals surface area contributed by atoms with Crippen molar-refractivity contribution in [3.63, 3.8) is 0 Å². The van der Waals surface area contributed by atoms with Crippen molar-refractivity contribution < 1.29 is 0 Å². The van der Waals surface area contributed by atoms with Gasteiger partial charge >= 0.3 is 0 Å². The van der Waals surface area contributed by atoms with E-state index in [0.29, 0.717) is 12.5 Å². The summed E-state index contributed by atoms with van der Waals surface area (Å²) in [4.78, 5) is 8.92. The third kappa shape index (κ3) is 2.86. The van der Waals surface area contributed by atoms with Crippen molar-refractivity contribution in [1.82, 2.24) is 24.1 Å². The van der Waals surface area contributed by atoms with Crippen LogP contribution in [0.4, 0.5) is 10.9 Å². The lowest BCUT2D eigenvalue weighted by atomic mass is 10.1. The molecule has 0 radical (unpaired) electrons. The predicted molar refractivity (Wildman–Crippen MR) is 90.7 cm³/mol. The summed E-state index contributed by atoms with van der Waals surface area (Å²) in [5.41, 5.74) is 2.52.